The maximum Gasteiger partial charge on any atom is 0.387 e. The van der Waals surface area contributed by atoms with E-state index in [4.69, 9.17) is 4.74 Å². The Morgan fingerprint density at radius 3 is 2.79 bits per heavy atom. The molecule has 0 bridgehead atoms. The molecule has 0 aliphatic heterocycles. The highest BCUT2D eigenvalue weighted by Crippen LogP contribution is 2.25. The van der Waals surface area contributed by atoms with Crippen LogP contribution in [0.4, 0.5) is 8.78 Å². The number of rotatable bonds is 4. The molecule has 0 N–H and O–H groups in total. The first kappa shape index (κ1) is 10.7. The van der Waals surface area contributed by atoms with Crippen molar-refractivity contribution >= 4 is 0 Å². The molecule has 1 rings (SSSR count). The van der Waals surface area contributed by atoms with Crippen LogP contribution < -0.4 is 9.47 Å². The summed E-state index contributed by atoms with van der Waals surface area (Å²) in [7, 11) is 0. The molecule has 0 aromatic carbocycles. The molecular formula is C9H11F2NO2. The third kappa shape index (κ3) is 2.55. The van der Waals surface area contributed by atoms with Crippen LogP contribution in [-0.4, -0.2) is 18.2 Å². The van der Waals surface area contributed by atoms with Crippen LogP contribution >= 0.6 is 0 Å². The van der Waals surface area contributed by atoms with E-state index in [1.54, 1.807) is 13.8 Å². The zero-order valence-electron chi connectivity index (χ0n) is 7.96. The van der Waals surface area contributed by atoms with Crippen molar-refractivity contribution in [1.82, 2.24) is 4.98 Å². The van der Waals surface area contributed by atoms with Gasteiger partial charge in [-0.05, 0) is 19.9 Å². The second-order valence-corrected chi connectivity index (χ2v) is 2.55. The summed E-state index contributed by atoms with van der Waals surface area (Å²) in [6.45, 7) is 1.02. The molecule has 0 aliphatic rings. The minimum atomic E-state index is -2.83. The van der Waals surface area contributed by atoms with E-state index >= 15 is 0 Å². The quantitative estimate of drug-likeness (QED) is 0.752. The molecule has 1 heterocycles. The average Bonchev–Trinajstić information content (AvgIpc) is 2.11. The second-order valence-electron chi connectivity index (χ2n) is 2.55. The monoisotopic (exact) mass is 203 g/mol. The van der Waals surface area contributed by atoms with Crippen molar-refractivity contribution in [3.8, 4) is 11.6 Å². The van der Waals surface area contributed by atoms with E-state index in [-0.39, 0.29) is 5.75 Å². The summed E-state index contributed by atoms with van der Waals surface area (Å²) in [6.07, 6.45) is 1.37. The van der Waals surface area contributed by atoms with Gasteiger partial charge in [0, 0.05) is 6.20 Å². The van der Waals surface area contributed by atoms with E-state index in [0.717, 1.165) is 0 Å². The normalized spacial score (nSPS) is 10.4. The number of alkyl halides is 2. The first-order chi connectivity index (χ1) is 6.65. The first-order valence-electron chi connectivity index (χ1n) is 4.18. The molecule has 0 saturated heterocycles. The van der Waals surface area contributed by atoms with Gasteiger partial charge in [-0.15, -0.1) is 0 Å². The maximum atomic E-state index is 11.9. The average molecular weight is 203 g/mol. The van der Waals surface area contributed by atoms with Crippen LogP contribution in [0.5, 0.6) is 11.6 Å². The smallest absolute Gasteiger partial charge is 0.387 e. The molecule has 1 aromatic heterocycles. The molecule has 1 aromatic rings. The van der Waals surface area contributed by atoms with E-state index in [2.05, 4.69) is 9.72 Å². The van der Waals surface area contributed by atoms with Crippen molar-refractivity contribution in [1.29, 1.82) is 0 Å². The van der Waals surface area contributed by atoms with E-state index in [0.29, 0.717) is 18.1 Å². The summed E-state index contributed by atoms with van der Waals surface area (Å²) in [5.41, 5.74) is 0.481. The molecule has 0 radical (unpaired) electrons. The predicted octanol–water partition coefficient (Wildman–Crippen LogP) is 2.39. The number of halogens is 2. The largest absolute Gasteiger partial charge is 0.478 e. The molecule has 0 aliphatic carbocycles. The number of ether oxygens (including phenoxy) is 2. The second kappa shape index (κ2) is 4.74. The van der Waals surface area contributed by atoms with Gasteiger partial charge >= 0.3 is 6.61 Å². The summed E-state index contributed by atoms with van der Waals surface area (Å²) < 4.78 is 33.3. The lowest BCUT2D eigenvalue weighted by molar-refractivity contribution is -0.0504. The van der Waals surface area contributed by atoms with Crippen molar-refractivity contribution < 1.29 is 18.3 Å². The zero-order chi connectivity index (χ0) is 10.6. The number of aromatic nitrogens is 1. The molecule has 14 heavy (non-hydrogen) atoms. The summed E-state index contributed by atoms with van der Waals surface area (Å²) in [4.78, 5) is 3.89. The summed E-state index contributed by atoms with van der Waals surface area (Å²) in [5, 5.41) is 0. The lowest BCUT2D eigenvalue weighted by Gasteiger charge is -2.10. The van der Waals surface area contributed by atoms with Crippen LogP contribution in [0.15, 0.2) is 12.3 Å². The summed E-state index contributed by atoms with van der Waals surface area (Å²) >= 11 is 0. The van der Waals surface area contributed by atoms with Crippen molar-refractivity contribution in [2.75, 3.05) is 6.61 Å². The highest BCUT2D eigenvalue weighted by Gasteiger charge is 2.11. The molecular weight excluding hydrogens is 192 g/mol. The fraction of sp³-hybridized carbons (Fsp3) is 0.444. The molecule has 5 heteroatoms. The van der Waals surface area contributed by atoms with E-state index < -0.39 is 6.61 Å². The fourth-order valence-electron chi connectivity index (χ4n) is 1.01. The van der Waals surface area contributed by atoms with Crippen molar-refractivity contribution in [3.05, 3.63) is 17.8 Å². The first-order valence-corrected chi connectivity index (χ1v) is 4.18. The standard InChI is InChI=1S/C9H11F2NO2/c1-3-13-8-6(2)7(4-5-12-8)14-9(10)11/h4-5,9H,3H2,1-2H3. The molecule has 78 valence electrons. The Bertz CT molecular complexity index is 305. The van der Waals surface area contributed by atoms with Gasteiger partial charge in [0.2, 0.25) is 5.88 Å². The Balaban J connectivity index is 2.89. The Morgan fingerprint density at radius 1 is 1.50 bits per heavy atom. The topological polar surface area (TPSA) is 31.4 Å². The lowest BCUT2D eigenvalue weighted by atomic mass is 10.3. The zero-order valence-corrected chi connectivity index (χ0v) is 7.96. The Morgan fingerprint density at radius 2 is 2.21 bits per heavy atom. The molecule has 3 nitrogen and oxygen atoms in total. The van der Waals surface area contributed by atoms with Crippen molar-refractivity contribution in [2.24, 2.45) is 0 Å². The summed E-state index contributed by atoms with van der Waals surface area (Å²) in [5.74, 6) is 0.420. The van der Waals surface area contributed by atoms with Gasteiger partial charge in [0.15, 0.2) is 0 Å². The van der Waals surface area contributed by atoms with Gasteiger partial charge in [-0.3, -0.25) is 0 Å². The number of pyridine rings is 1. The Kier molecular flexibility index (Phi) is 3.62. The fourth-order valence-corrected chi connectivity index (χ4v) is 1.01. The van der Waals surface area contributed by atoms with Gasteiger partial charge in [0.05, 0.1) is 12.2 Å². The van der Waals surface area contributed by atoms with Crippen molar-refractivity contribution in [3.63, 3.8) is 0 Å². The number of hydrogen-bond donors (Lipinski definition) is 0. The van der Waals surface area contributed by atoms with E-state index in [1.807, 2.05) is 0 Å². The van der Waals surface area contributed by atoms with Crippen LogP contribution in [-0.2, 0) is 0 Å². The molecule has 0 atom stereocenters. The van der Waals surface area contributed by atoms with Gasteiger partial charge in [-0.25, -0.2) is 4.98 Å². The number of hydrogen-bond acceptors (Lipinski definition) is 3. The highest BCUT2D eigenvalue weighted by atomic mass is 19.3. The van der Waals surface area contributed by atoms with Crippen LogP contribution in [0.1, 0.15) is 12.5 Å². The van der Waals surface area contributed by atoms with Gasteiger partial charge in [0.25, 0.3) is 0 Å². The predicted molar refractivity (Wildman–Crippen MR) is 46.8 cm³/mol. The lowest BCUT2D eigenvalue weighted by Crippen LogP contribution is -2.05. The van der Waals surface area contributed by atoms with Crippen LogP contribution in [0.2, 0.25) is 0 Å². The summed E-state index contributed by atoms with van der Waals surface area (Å²) in [6, 6.07) is 1.38. The minimum absolute atomic E-state index is 0.0958. The van der Waals surface area contributed by atoms with Gasteiger partial charge in [-0.2, -0.15) is 8.78 Å². The van der Waals surface area contributed by atoms with Crippen LogP contribution in [0, 0.1) is 6.92 Å². The SMILES string of the molecule is CCOc1nccc(OC(F)F)c1C. The van der Waals surface area contributed by atoms with Crippen LogP contribution in [0.25, 0.3) is 0 Å². The van der Waals surface area contributed by atoms with Crippen molar-refractivity contribution in [2.45, 2.75) is 20.5 Å². The third-order valence-electron chi connectivity index (χ3n) is 1.61. The Hall–Kier alpha value is -1.39. The molecule has 0 fully saturated rings. The number of nitrogens with zero attached hydrogens (tertiary/aromatic N) is 1. The highest BCUT2D eigenvalue weighted by molar-refractivity contribution is 5.38. The van der Waals surface area contributed by atoms with E-state index in [1.165, 1.54) is 12.3 Å². The van der Waals surface area contributed by atoms with Gasteiger partial charge in [-0.1, -0.05) is 0 Å². The third-order valence-corrected chi connectivity index (χ3v) is 1.61. The van der Waals surface area contributed by atoms with Gasteiger partial charge in [0.1, 0.15) is 5.75 Å². The molecule has 0 amide bonds. The molecule has 0 saturated carbocycles. The van der Waals surface area contributed by atoms with Gasteiger partial charge < -0.3 is 9.47 Å². The van der Waals surface area contributed by atoms with Crippen LogP contribution in [0.3, 0.4) is 0 Å². The molecule has 0 unspecified atom stereocenters. The maximum absolute atomic E-state index is 11.9. The molecule has 0 spiro atoms. The Labute approximate surface area is 80.7 Å². The van der Waals surface area contributed by atoms with E-state index in [9.17, 15) is 8.78 Å². The minimum Gasteiger partial charge on any atom is -0.478 e.